The molecule has 130 valence electrons. The van der Waals surface area contributed by atoms with E-state index in [1.54, 1.807) is 43.8 Å². The number of hydrogen-bond donors (Lipinski definition) is 1. The van der Waals surface area contributed by atoms with Gasteiger partial charge in [-0.05, 0) is 50.3 Å². The van der Waals surface area contributed by atoms with Crippen molar-refractivity contribution < 1.29 is 13.5 Å². The predicted octanol–water partition coefficient (Wildman–Crippen LogP) is 2.34. The van der Waals surface area contributed by atoms with Crippen molar-refractivity contribution in [3.63, 3.8) is 0 Å². The maximum atomic E-state index is 13.3. The summed E-state index contributed by atoms with van der Waals surface area (Å²) in [7, 11) is -1.89. The molecule has 1 heterocycles. The molecule has 1 aliphatic carbocycles. The lowest BCUT2D eigenvalue weighted by Crippen LogP contribution is -2.33. The third kappa shape index (κ3) is 3.32. The van der Waals surface area contributed by atoms with Crippen molar-refractivity contribution in [2.45, 2.75) is 38.1 Å². The van der Waals surface area contributed by atoms with Crippen LogP contribution in [0.25, 0.3) is 0 Å². The summed E-state index contributed by atoms with van der Waals surface area (Å²) >= 11 is 0. The predicted molar refractivity (Wildman–Crippen MR) is 91.1 cm³/mol. The van der Waals surface area contributed by atoms with Gasteiger partial charge in [-0.15, -0.1) is 0 Å². The van der Waals surface area contributed by atoms with Gasteiger partial charge in [-0.1, -0.05) is 12.1 Å². The number of aromatic nitrogens is 2. The number of rotatable bonds is 6. The topological polar surface area (TPSA) is 75.4 Å². The Labute approximate surface area is 142 Å². The number of sulfonamides is 1. The van der Waals surface area contributed by atoms with E-state index >= 15 is 0 Å². The Hall–Kier alpha value is -1.86. The van der Waals surface area contributed by atoms with Crippen LogP contribution in [0.4, 0.5) is 0 Å². The maximum absolute atomic E-state index is 13.3. The fourth-order valence-electron chi connectivity index (χ4n) is 2.95. The SMILES string of the molecule is Cc1nn(C)c(C)c1S(=O)(=O)N(Cc1cccc(O)c1)CC1CC1. The summed E-state index contributed by atoms with van der Waals surface area (Å²) in [5.74, 6) is 0.569. The monoisotopic (exact) mass is 349 g/mol. The van der Waals surface area contributed by atoms with Crippen molar-refractivity contribution in [3.8, 4) is 5.75 Å². The summed E-state index contributed by atoms with van der Waals surface area (Å²) in [5, 5.41) is 13.9. The molecule has 24 heavy (non-hydrogen) atoms. The van der Waals surface area contributed by atoms with Crippen LogP contribution < -0.4 is 0 Å². The summed E-state index contributed by atoms with van der Waals surface area (Å²) in [6.07, 6.45) is 2.13. The van der Waals surface area contributed by atoms with Crippen LogP contribution in [0, 0.1) is 19.8 Å². The van der Waals surface area contributed by atoms with Crippen molar-refractivity contribution >= 4 is 10.0 Å². The van der Waals surface area contributed by atoms with Gasteiger partial charge in [-0.25, -0.2) is 8.42 Å². The van der Waals surface area contributed by atoms with E-state index in [9.17, 15) is 13.5 Å². The molecule has 0 spiro atoms. The van der Waals surface area contributed by atoms with E-state index in [1.165, 1.54) is 4.31 Å². The van der Waals surface area contributed by atoms with Crippen LogP contribution in [0.15, 0.2) is 29.2 Å². The van der Waals surface area contributed by atoms with Crippen LogP contribution in [0.2, 0.25) is 0 Å². The largest absolute Gasteiger partial charge is 0.508 e. The average Bonchev–Trinajstić information content (AvgIpc) is 3.25. The van der Waals surface area contributed by atoms with Crippen LogP contribution in [0.1, 0.15) is 29.8 Å². The van der Waals surface area contributed by atoms with Crippen LogP contribution >= 0.6 is 0 Å². The molecule has 2 aromatic rings. The van der Waals surface area contributed by atoms with Crippen molar-refractivity contribution in [1.82, 2.24) is 14.1 Å². The molecule has 1 fully saturated rings. The third-order valence-electron chi connectivity index (χ3n) is 4.47. The minimum atomic E-state index is -3.64. The minimum Gasteiger partial charge on any atom is -0.508 e. The highest BCUT2D eigenvalue weighted by Gasteiger charge is 2.34. The molecule has 0 atom stereocenters. The first-order chi connectivity index (χ1) is 11.3. The van der Waals surface area contributed by atoms with E-state index in [1.807, 2.05) is 6.07 Å². The zero-order valence-electron chi connectivity index (χ0n) is 14.2. The van der Waals surface area contributed by atoms with Crippen molar-refractivity contribution in [2.24, 2.45) is 13.0 Å². The smallest absolute Gasteiger partial charge is 0.247 e. The van der Waals surface area contributed by atoms with E-state index in [-0.39, 0.29) is 12.3 Å². The Kier molecular flexibility index (Phi) is 4.40. The van der Waals surface area contributed by atoms with E-state index in [2.05, 4.69) is 5.10 Å². The molecule has 3 rings (SSSR count). The highest BCUT2D eigenvalue weighted by atomic mass is 32.2. The van der Waals surface area contributed by atoms with E-state index < -0.39 is 10.0 Å². The van der Waals surface area contributed by atoms with Gasteiger partial charge in [-0.2, -0.15) is 9.40 Å². The minimum absolute atomic E-state index is 0.144. The standard InChI is InChI=1S/C17H23N3O3S/c1-12-17(13(2)19(3)18-12)24(22,23)20(10-14-7-8-14)11-15-5-4-6-16(21)9-15/h4-6,9,14,21H,7-8,10-11H2,1-3H3. The highest BCUT2D eigenvalue weighted by Crippen LogP contribution is 2.33. The molecule has 0 radical (unpaired) electrons. The second-order valence-corrected chi connectivity index (χ2v) is 8.41. The fraction of sp³-hybridized carbons (Fsp3) is 0.471. The van der Waals surface area contributed by atoms with Crippen molar-refractivity contribution in [1.29, 1.82) is 0 Å². The molecule has 0 saturated heterocycles. The van der Waals surface area contributed by atoms with Crippen LogP contribution in [-0.2, 0) is 23.6 Å². The number of phenolic OH excluding ortho intramolecular Hbond substituents is 1. The molecule has 7 heteroatoms. The molecule has 0 bridgehead atoms. The Balaban J connectivity index is 1.98. The zero-order valence-corrected chi connectivity index (χ0v) is 15.0. The van der Waals surface area contributed by atoms with Crippen LogP contribution in [0.5, 0.6) is 5.75 Å². The summed E-state index contributed by atoms with van der Waals surface area (Å²) < 4.78 is 29.6. The van der Waals surface area contributed by atoms with E-state index in [4.69, 9.17) is 0 Å². The van der Waals surface area contributed by atoms with Crippen molar-refractivity contribution in [3.05, 3.63) is 41.2 Å². The first-order valence-corrected chi connectivity index (χ1v) is 9.51. The molecule has 1 aromatic heterocycles. The third-order valence-corrected chi connectivity index (χ3v) is 6.53. The quantitative estimate of drug-likeness (QED) is 0.868. The van der Waals surface area contributed by atoms with Gasteiger partial charge in [0.1, 0.15) is 10.6 Å². The molecular weight excluding hydrogens is 326 g/mol. The number of benzene rings is 1. The van der Waals surface area contributed by atoms with Crippen LogP contribution in [0.3, 0.4) is 0 Å². The Morgan fingerprint density at radius 1 is 1.33 bits per heavy atom. The Morgan fingerprint density at radius 2 is 2.04 bits per heavy atom. The summed E-state index contributed by atoms with van der Waals surface area (Å²) in [4.78, 5) is 0.297. The van der Waals surface area contributed by atoms with Crippen LogP contribution in [-0.4, -0.2) is 34.2 Å². The Bertz CT molecular complexity index is 854. The van der Waals surface area contributed by atoms with Gasteiger partial charge in [0, 0.05) is 20.1 Å². The van der Waals surface area contributed by atoms with Crippen molar-refractivity contribution in [2.75, 3.05) is 6.54 Å². The lowest BCUT2D eigenvalue weighted by molar-refractivity contribution is 0.389. The lowest BCUT2D eigenvalue weighted by atomic mass is 10.2. The van der Waals surface area contributed by atoms with Gasteiger partial charge >= 0.3 is 0 Å². The summed E-state index contributed by atoms with van der Waals surface area (Å²) in [6.45, 7) is 4.26. The fourth-order valence-corrected chi connectivity index (χ4v) is 4.85. The average molecular weight is 349 g/mol. The second-order valence-electron chi connectivity index (χ2n) is 6.53. The zero-order chi connectivity index (χ0) is 17.5. The first kappa shape index (κ1) is 17.0. The second kappa shape index (κ2) is 6.22. The molecule has 1 N–H and O–H groups in total. The molecule has 1 aliphatic rings. The van der Waals surface area contributed by atoms with Gasteiger partial charge in [0.2, 0.25) is 10.0 Å². The normalized spacial score (nSPS) is 15.2. The number of hydrogen-bond acceptors (Lipinski definition) is 4. The molecule has 1 saturated carbocycles. The van der Waals surface area contributed by atoms with Gasteiger partial charge in [0.15, 0.2) is 0 Å². The molecule has 6 nitrogen and oxygen atoms in total. The lowest BCUT2D eigenvalue weighted by Gasteiger charge is -2.22. The van der Waals surface area contributed by atoms with E-state index in [0.717, 1.165) is 18.4 Å². The molecule has 0 aliphatic heterocycles. The molecular formula is C17H23N3O3S. The van der Waals surface area contributed by atoms with Gasteiger partial charge in [0.25, 0.3) is 0 Å². The summed E-state index contributed by atoms with van der Waals surface area (Å²) in [5.41, 5.74) is 1.94. The Morgan fingerprint density at radius 3 is 2.58 bits per heavy atom. The first-order valence-electron chi connectivity index (χ1n) is 8.07. The van der Waals surface area contributed by atoms with Gasteiger partial charge < -0.3 is 5.11 Å². The molecule has 0 amide bonds. The van der Waals surface area contributed by atoms with Gasteiger partial charge in [-0.3, -0.25) is 4.68 Å². The summed E-state index contributed by atoms with van der Waals surface area (Å²) in [6, 6.07) is 6.75. The molecule has 1 aromatic carbocycles. The molecule has 0 unspecified atom stereocenters. The number of phenols is 1. The number of aryl methyl sites for hydroxylation is 2. The van der Waals surface area contributed by atoms with E-state index in [0.29, 0.717) is 28.7 Å². The number of nitrogens with zero attached hydrogens (tertiary/aromatic N) is 3. The maximum Gasteiger partial charge on any atom is 0.247 e. The number of aromatic hydroxyl groups is 1. The highest BCUT2D eigenvalue weighted by molar-refractivity contribution is 7.89. The van der Waals surface area contributed by atoms with Gasteiger partial charge in [0.05, 0.1) is 11.4 Å².